The van der Waals surface area contributed by atoms with Crippen LogP contribution in [0.25, 0.3) is 11.0 Å². The lowest BCUT2D eigenvalue weighted by molar-refractivity contribution is -0.117. The third-order valence-corrected chi connectivity index (χ3v) is 5.40. The van der Waals surface area contributed by atoms with Gasteiger partial charge in [-0.2, -0.15) is 0 Å². The van der Waals surface area contributed by atoms with Crippen LogP contribution < -0.4 is 11.4 Å². The molecule has 3 N–H and O–H groups in total. The van der Waals surface area contributed by atoms with Crippen LogP contribution in [-0.2, 0) is 4.79 Å². The molecule has 5 nitrogen and oxygen atoms in total. The second-order valence-corrected chi connectivity index (χ2v) is 7.44. The van der Waals surface area contributed by atoms with E-state index < -0.39 is 22.9 Å². The molecule has 0 saturated carbocycles. The molecule has 28 heavy (non-hydrogen) atoms. The molecule has 0 bridgehead atoms. The minimum absolute atomic E-state index is 0.108. The van der Waals surface area contributed by atoms with Crippen LogP contribution in [0, 0.1) is 11.3 Å². The Morgan fingerprint density at radius 1 is 1.11 bits per heavy atom. The number of hydrogen-bond donors (Lipinski definition) is 2. The van der Waals surface area contributed by atoms with Crippen LogP contribution >= 0.6 is 0 Å². The Morgan fingerprint density at radius 3 is 2.32 bits per heavy atom. The highest BCUT2D eigenvalue weighted by atomic mass is 16.4. The first-order valence-electron chi connectivity index (χ1n) is 9.26. The zero-order valence-electron chi connectivity index (χ0n) is 16.2. The zero-order valence-corrected chi connectivity index (χ0v) is 16.2. The minimum atomic E-state index is -0.823. The van der Waals surface area contributed by atoms with Crippen LogP contribution in [0.2, 0.25) is 0 Å². The van der Waals surface area contributed by atoms with Gasteiger partial charge in [-0.1, -0.05) is 63.2 Å². The third-order valence-electron chi connectivity index (χ3n) is 5.40. The lowest BCUT2D eigenvalue weighted by Gasteiger charge is -2.39. The summed E-state index contributed by atoms with van der Waals surface area (Å²) in [6.07, 6.45) is 0.507. The van der Waals surface area contributed by atoms with E-state index in [1.54, 1.807) is 24.3 Å². The molecule has 1 heterocycles. The van der Waals surface area contributed by atoms with Gasteiger partial charge in [0.25, 0.3) is 0 Å². The van der Waals surface area contributed by atoms with Gasteiger partial charge in [0, 0.05) is 5.92 Å². The van der Waals surface area contributed by atoms with Gasteiger partial charge in [0.2, 0.25) is 5.91 Å². The molecule has 0 aliphatic rings. The molecule has 1 amide bonds. The monoisotopic (exact) mass is 378 g/mol. The fourth-order valence-corrected chi connectivity index (χ4v) is 4.14. The Balaban J connectivity index is 2.21. The van der Waals surface area contributed by atoms with Crippen molar-refractivity contribution < 1.29 is 14.3 Å². The van der Waals surface area contributed by atoms with Crippen LogP contribution in [0.1, 0.15) is 44.2 Å². The summed E-state index contributed by atoms with van der Waals surface area (Å²) in [7, 11) is 0. The lowest BCUT2D eigenvalue weighted by atomic mass is 9.63. The summed E-state index contributed by atoms with van der Waals surface area (Å²) >= 11 is 0. The van der Waals surface area contributed by atoms with Crippen LogP contribution in [-0.4, -0.2) is 11.0 Å². The van der Waals surface area contributed by atoms with E-state index in [-0.39, 0.29) is 11.3 Å². The van der Waals surface area contributed by atoms with Crippen molar-refractivity contribution >= 4 is 16.9 Å². The lowest BCUT2D eigenvalue weighted by Crippen LogP contribution is -2.40. The second kappa shape index (κ2) is 7.50. The van der Waals surface area contributed by atoms with E-state index in [1.165, 1.54) is 0 Å². The summed E-state index contributed by atoms with van der Waals surface area (Å²) in [5, 5.41) is 11.4. The van der Waals surface area contributed by atoms with Crippen LogP contribution in [0.5, 0.6) is 5.75 Å². The Bertz CT molecular complexity index is 1050. The topological polar surface area (TPSA) is 93.5 Å². The molecular formula is C23H24NO4. The van der Waals surface area contributed by atoms with E-state index in [9.17, 15) is 14.7 Å². The standard InChI is InChI=1S/C23H24NO4/c1-4-16(18-20(25)15-12-8-9-13-17(15)28-22(18)27)23(2,3)19(21(24)26)14-10-6-5-7-11-14/h5-13,16,25H,4H2,1-3H3,(H2,24,26). The smallest absolute Gasteiger partial charge is 0.343 e. The summed E-state index contributed by atoms with van der Waals surface area (Å²) in [4.78, 5) is 25.2. The van der Waals surface area contributed by atoms with Crippen molar-refractivity contribution in [2.24, 2.45) is 11.1 Å². The molecule has 145 valence electrons. The van der Waals surface area contributed by atoms with Gasteiger partial charge in [-0.05, 0) is 29.5 Å². The maximum absolute atomic E-state index is 12.8. The molecule has 1 radical (unpaired) electrons. The quantitative estimate of drug-likeness (QED) is 0.631. The zero-order chi connectivity index (χ0) is 20.5. The van der Waals surface area contributed by atoms with Crippen molar-refractivity contribution in [2.45, 2.75) is 33.1 Å². The first-order valence-corrected chi connectivity index (χ1v) is 9.26. The van der Waals surface area contributed by atoms with Crippen LogP contribution in [0.15, 0.2) is 63.8 Å². The first kappa shape index (κ1) is 19.7. The number of primary amides is 1. The van der Waals surface area contributed by atoms with E-state index >= 15 is 0 Å². The molecule has 3 aromatic rings. The largest absolute Gasteiger partial charge is 0.507 e. The molecule has 1 unspecified atom stereocenters. The van der Waals surface area contributed by atoms with Crippen molar-refractivity contribution in [3.63, 3.8) is 0 Å². The third kappa shape index (κ3) is 3.28. The Morgan fingerprint density at radius 2 is 1.71 bits per heavy atom. The summed E-state index contributed by atoms with van der Waals surface area (Å²) in [6.45, 7) is 5.63. The fraction of sp³-hybridized carbons (Fsp3) is 0.261. The van der Waals surface area contributed by atoms with Gasteiger partial charge >= 0.3 is 5.63 Å². The summed E-state index contributed by atoms with van der Waals surface area (Å²) in [5.41, 5.74) is 5.51. The Kier molecular flexibility index (Phi) is 5.27. The minimum Gasteiger partial charge on any atom is -0.507 e. The maximum atomic E-state index is 12.8. The van der Waals surface area contributed by atoms with Gasteiger partial charge in [0.1, 0.15) is 11.3 Å². The second-order valence-electron chi connectivity index (χ2n) is 7.44. The number of carbonyl (C=O) groups is 1. The molecule has 0 fully saturated rings. The predicted octanol–water partition coefficient (Wildman–Crippen LogP) is 4.13. The highest BCUT2D eigenvalue weighted by molar-refractivity contribution is 5.94. The average molecular weight is 378 g/mol. The van der Waals surface area contributed by atoms with E-state index in [1.807, 2.05) is 51.1 Å². The van der Waals surface area contributed by atoms with Crippen molar-refractivity contribution in [1.82, 2.24) is 0 Å². The maximum Gasteiger partial charge on any atom is 0.343 e. The number of aromatic hydroxyl groups is 1. The summed E-state index contributed by atoms with van der Waals surface area (Å²) < 4.78 is 5.46. The first-order chi connectivity index (χ1) is 13.3. The number of hydrogen-bond acceptors (Lipinski definition) is 4. The van der Waals surface area contributed by atoms with Gasteiger partial charge in [-0.25, -0.2) is 4.79 Å². The molecule has 0 aliphatic heterocycles. The number of carbonyl (C=O) groups excluding carboxylic acids is 1. The van der Waals surface area contributed by atoms with E-state index in [2.05, 4.69) is 0 Å². The molecule has 1 aromatic heterocycles. The average Bonchev–Trinajstić information content (AvgIpc) is 2.65. The van der Waals surface area contributed by atoms with Crippen LogP contribution in [0.4, 0.5) is 0 Å². The van der Waals surface area contributed by atoms with Crippen molar-refractivity contribution in [3.8, 4) is 5.75 Å². The predicted molar refractivity (Wildman–Crippen MR) is 109 cm³/mol. The fourth-order valence-electron chi connectivity index (χ4n) is 4.14. The molecule has 5 heteroatoms. The number of nitrogens with two attached hydrogens (primary N) is 1. The molecule has 3 rings (SSSR count). The normalized spacial score (nSPS) is 13.0. The highest BCUT2D eigenvalue weighted by Gasteiger charge is 2.44. The van der Waals surface area contributed by atoms with E-state index in [0.717, 1.165) is 0 Å². The molecule has 1 atom stereocenters. The Labute approximate surface area is 163 Å². The van der Waals surface area contributed by atoms with Gasteiger partial charge in [0.15, 0.2) is 0 Å². The number of rotatable bonds is 6. The number of fused-ring (bicyclic) bond motifs is 1. The van der Waals surface area contributed by atoms with Gasteiger partial charge < -0.3 is 15.3 Å². The Hall–Kier alpha value is -3.08. The number of amides is 1. The van der Waals surface area contributed by atoms with Gasteiger partial charge in [-0.15, -0.1) is 0 Å². The number of benzene rings is 2. The molecular weight excluding hydrogens is 354 g/mol. The highest BCUT2D eigenvalue weighted by Crippen LogP contribution is 2.49. The molecule has 0 saturated heterocycles. The van der Waals surface area contributed by atoms with Crippen LogP contribution in [0.3, 0.4) is 0 Å². The van der Waals surface area contributed by atoms with Gasteiger partial charge in [0.05, 0.1) is 16.9 Å². The van der Waals surface area contributed by atoms with E-state index in [0.29, 0.717) is 28.9 Å². The molecule has 2 aromatic carbocycles. The van der Waals surface area contributed by atoms with Gasteiger partial charge in [-0.3, -0.25) is 4.79 Å². The number of para-hydroxylation sites is 1. The van der Waals surface area contributed by atoms with Crippen molar-refractivity contribution in [2.75, 3.05) is 0 Å². The SMILES string of the molecule is CCC(c1c(O)c2ccccc2oc1=O)C(C)(C)[C](C(N)=O)c1ccccc1. The summed E-state index contributed by atoms with van der Waals surface area (Å²) in [5.74, 6) is -0.731. The molecule has 0 spiro atoms. The van der Waals surface area contributed by atoms with Crippen molar-refractivity contribution in [1.29, 1.82) is 0 Å². The van der Waals surface area contributed by atoms with Crippen molar-refractivity contribution in [3.05, 3.63) is 82.1 Å². The summed E-state index contributed by atoms with van der Waals surface area (Å²) in [6, 6.07) is 16.0. The van der Waals surface area contributed by atoms with E-state index in [4.69, 9.17) is 10.2 Å². The molecule has 0 aliphatic carbocycles.